The van der Waals surface area contributed by atoms with Crippen LogP contribution in [0.3, 0.4) is 0 Å². The molecule has 4 aromatic carbocycles. The van der Waals surface area contributed by atoms with Gasteiger partial charge in [0.15, 0.2) is 5.96 Å². The number of benzene rings is 4. The van der Waals surface area contributed by atoms with Crippen LogP contribution in [-0.4, -0.2) is 211 Å². The van der Waals surface area contributed by atoms with Crippen LogP contribution in [0.25, 0.3) is 0 Å². The van der Waals surface area contributed by atoms with Crippen LogP contribution in [0.1, 0.15) is 50.3 Å². The van der Waals surface area contributed by atoms with Crippen molar-refractivity contribution in [2.45, 2.75) is 25.3 Å². The standard InChI is InChI=1S/C15H15N5O3.C15H21N5O.C11H8N2O6.C9H12N4O2.C6H5NO2.3CO2/c21-14(12-3-1-4-13(11-12)20(22)23)18-7-9-19(10-8-18)15-16-5-2-6-17-15;16-13-4-1-3-12(11-13)14(21)19-7-9-20(10-8-19)15-17-5-2-6-18-15;14-9-4-5-10(15)12(9)19-11(16)7-2-1-3-8(6-7)13(17)18;14-8(15)7-6-13(5-4-10-7)9-11-2-1-3-12-9;8-7(9)6-4-2-1-3-5-6;3*2-1-3/h1-6,11H,7-10H2;1,3-4,11H,2,5-10,16H2,(H,17,18);1-3,6H,4-5H2;1-3,7,10H,4-6H2,(H,14,15);1-5H;;;. The lowest BCUT2D eigenvalue weighted by atomic mass is 10.1. The molecule has 96 heavy (non-hydrogen) atoms. The van der Waals surface area contributed by atoms with Crippen LogP contribution in [0.2, 0.25) is 0 Å². The molecule has 37 heteroatoms. The second-order valence-electron chi connectivity index (χ2n) is 19.5. The number of non-ortho nitro benzene ring substituents is 3. The molecule has 4 amide bonds. The number of nitro groups is 3. The molecular weight excluding hydrogens is 1270 g/mol. The number of anilines is 3. The third-order valence-corrected chi connectivity index (χ3v) is 13.3. The third kappa shape index (κ3) is 25.0. The molecule has 1 unspecified atom stereocenters. The topological polar surface area (TPSA) is 497 Å². The van der Waals surface area contributed by atoms with E-state index in [-0.39, 0.29) is 65.7 Å². The maximum atomic E-state index is 12.5. The van der Waals surface area contributed by atoms with E-state index in [0.29, 0.717) is 86.1 Å². The monoisotopic (exact) mass is 1330 g/mol. The first-order valence-corrected chi connectivity index (χ1v) is 28.4. The number of nitrogens with one attached hydrogen (secondary N) is 2. The number of hydrogen-bond acceptors (Lipinski definition) is 30. The van der Waals surface area contributed by atoms with Crippen molar-refractivity contribution >= 4 is 94.6 Å². The molecular formula is C59H61N17O20. The summed E-state index contributed by atoms with van der Waals surface area (Å²) in [6.07, 6.45) is 8.49. The molecule has 37 nitrogen and oxygen atoms in total. The summed E-state index contributed by atoms with van der Waals surface area (Å²) in [4.78, 5) is 184. The molecule has 7 heterocycles. The highest BCUT2D eigenvalue weighted by Gasteiger charge is 2.34. The number of amides is 4. The van der Waals surface area contributed by atoms with Crippen molar-refractivity contribution in [2.24, 2.45) is 4.99 Å². The van der Waals surface area contributed by atoms with Gasteiger partial charge in [-0.15, -0.1) is 5.06 Å². The highest BCUT2D eigenvalue weighted by molar-refractivity contribution is 6.03. The summed E-state index contributed by atoms with van der Waals surface area (Å²) < 4.78 is 0. The normalized spacial score (nSPS) is 15.0. The number of carbonyl (C=O) groups excluding carboxylic acids is 11. The Bertz CT molecular complexity index is 3690. The van der Waals surface area contributed by atoms with E-state index in [1.54, 1.807) is 78.2 Å². The van der Waals surface area contributed by atoms with Gasteiger partial charge in [0.2, 0.25) is 11.9 Å². The number of nitro benzene ring substituents is 3. The molecule has 0 spiro atoms. The number of carboxylic acid groups (broad SMARTS) is 1. The van der Waals surface area contributed by atoms with Gasteiger partial charge in [-0.05, 0) is 48.9 Å². The van der Waals surface area contributed by atoms with Gasteiger partial charge in [-0.2, -0.15) is 28.8 Å². The fraction of sp³-hybridized carbons (Fsp3) is 0.288. The zero-order valence-electron chi connectivity index (χ0n) is 50.7. The van der Waals surface area contributed by atoms with E-state index in [0.717, 1.165) is 51.2 Å². The number of nitrogens with zero attached hydrogens (tertiary/aromatic N) is 14. The van der Waals surface area contributed by atoms with Crippen molar-refractivity contribution in [3.8, 4) is 0 Å². The van der Waals surface area contributed by atoms with Crippen molar-refractivity contribution in [1.29, 1.82) is 0 Å². The highest BCUT2D eigenvalue weighted by Crippen LogP contribution is 2.20. The molecule has 4 fully saturated rings. The number of guanidine groups is 1. The minimum atomic E-state index is -0.993. The maximum Gasteiger partial charge on any atom is 0.373 e. The van der Waals surface area contributed by atoms with Crippen LogP contribution in [-0.2, 0) is 48.0 Å². The predicted molar refractivity (Wildman–Crippen MR) is 328 cm³/mol. The van der Waals surface area contributed by atoms with Crippen molar-refractivity contribution in [1.82, 2.24) is 50.3 Å². The number of aliphatic carboxylic acids is 1. The SMILES string of the molecule is Nc1cccc(C(=O)N2CCN(C3=NCCCN3)CC2)c1.O=C(O)C1CN(c2ncccn2)CCN1.O=C(ON1C(=O)CCC1=O)c1cccc([N+](=O)[O-])c1.O=C(c1cccc([N+](=O)[O-])c1)N1CCN(c2ncccn2)CC1.O=C=O.O=C=O.O=C=O.O=[N+]([O-])c1ccccc1. The van der Waals surface area contributed by atoms with Crippen molar-refractivity contribution < 1.29 is 82.2 Å². The lowest BCUT2D eigenvalue weighted by Gasteiger charge is -2.37. The van der Waals surface area contributed by atoms with Gasteiger partial charge in [-0.3, -0.25) is 59.3 Å². The summed E-state index contributed by atoms with van der Waals surface area (Å²) in [6.45, 7) is 9.03. The molecule has 5 N–H and O–H groups in total. The number of aromatic nitrogens is 4. The van der Waals surface area contributed by atoms with Crippen LogP contribution in [0.4, 0.5) is 34.6 Å². The summed E-state index contributed by atoms with van der Waals surface area (Å²) in [7, 11) is 0. The fourth-order valence-corrected chi connectivity index (χ4v) is 8.85. The van der Waals surface area contributed by atoms with E-state index in [1.165, 1.54) is 48.5 Å². The Balaban J connectivity index is 0.000000252. The van der Waals surface area contributed by atoms with Crippen molar-refractivity contribution in [2.75, 3.05) is 101 Å². The molecule has 1 atom stereocenters. The first kappa shape index (κ1) is 75.5. The Kier molecular flexibility index (Phi) is 32.0. The lowest BCUT2D eigenvalue weighted by molar-refractivity contribution is -0.385. The lowest BCUT2D eigenvalue weighted by Crippen LogP contribution is -2.54. The largest absolute Gasteiger partial charge is 0.480 e. The molecule has 2 aromatic heterocycles. The van der Waals surface area contributed by atoms with Crippen LogP contribution in [0.5, 0.6) is 0 Å². The van der Waals surface area contributed by atoms with Crippen LogP contribution in [0.15, 0.2) is 145 Å². The van der Waals surface area contributed by atoms with Crippen molar-refractivity contribution in [3.63, 3.8) is 0 Å². The minimum absolute atomic E-state index is 0.0128. The van der Waals surface area contributed by atoms with Gasteiger partial charge in [0.05, 0.1) is 20.3 Å². The number of carboxylic acids is 1. The molecule has 0 bridgehead atoms. The maximum absolute atomic E-state index is 12.5. The number of aliphatic imine (C=N–C) groups is 1. The molecule has 6 aromatic rings. The van der Waals surface area contributed by atoms with E-state index >= 15 is 0 Å². The highest BCUT2D eigenvalue weighted by atomic mass is 16.7. The summed E-state index contributed by atoms with van der Waals surface area (Å²) in [6, 6.07) is 28.7. The number of hydrogen-bond donors (Lipinski definition) is 4. The molecule has 0 saturated carbocycles. The zero-order chi connectivity index (χ0) is 70.4. The minimum Gasteiger partial charge on any atom is -0.480 e. The molecule has 11 rings (SSSR count). The van der Waals surface area contributed by atoms with E-state index < -0.39 is 44.6 Å². The average molecular weight is 1330 g/mol. The second-order valence-corrected chi connectivity index (χ2v) is 19.5. The Hall–Kier alpha value is -13.0. The van der Waals surface area contributed by atoms with Gasteiger partial charge in [-0.1, -0.05) is 36.4 Å². The number of carbonyl (C=O) groups is 6. The second kappa shape index (κ2) is 40.7. The average Bonchev–Trinajstić information content (AvgIpc) is 1.51. The van der Waals surface area contributed by atoms with Gasteiger partial charge in [0.1, 0.15) is 6.04 Å². The fourth-order valence-electron chi connectivity index (χ4n) is 8.85. The van der Waals surface area contributed by atoms with Crippen molar-refractivity contribution in [3.05, 3.63) is 187 Å². The first-order valence-electron chi connectivity index (χ1n) is 28.4. The smallest absolute Gasteiger partial charge is 0.373 e. The predicted octanol–water partition coefficient (Wildman–Crippen LogP) is 1.72. The van der Waals surface area contributed by atoms with Crippen LogP contribution < -0.4 is 26.2 Å². The quantitative estimate of drug-likeness (QED) is 0.0656. The van der Waals surface area contributed by atoms with E-state index in [2.05, 4.69) is 45.3 Å². The number of para-hydroxylation sites is 1. The van der Waals surface area contributed by atoms with E-state index in [4.69, 9.17) is 39.6 Å². The van der Waals surface area contributed by atoms with Gasteiger partial charge < -0.3 is 50.8 Å². The summed E-state index contributed by atoms with van der Waals surface area (Å²) in [5.74, 6) is -0.962. The van der Waals surface area contributed by atoms with Crippen LogP contribution >= 0.6 is 0 Å². The van der Waals surface area contributed by atoms with E-state index in [9.17, 15) is 59.1 Å². The van der Waals surface area contributed by atoms with Gasteiger partial charge in [0.25, 0.3) is 40.7 Å². The van der Waals surface area contributed by atoms with Gasteiger partial charge in [-0.25, -0.2) is 24.7 Å². The van der Waals surface area contributed by atoms with Crippen LogP contribution in [0, 0.1) is 30.3 Å². The number of nitrogens with two attached hydrogens (primary N) is 1. The number of rotatable bonds is 10. The summed E-state index contributed by atoms with van der Waals surface area (Å²) in [5.41, 5.74) is 7.03. The van der Waals surface area contributed by atoms with E-state index in [1.807, 2.05) is 26.8 Å². The molecule has 0 aliphatic carbocycles. The number of piperazine rings is 3. The first-order chi connectivity index (χ1) is 46.2. The summed E-state index contributed by atoms with van der Waals surface area (Å²) >= 11 is 0. The Morgan fingerprint density at radius 3 is 1.43 bits per heavy atom. The Morgan fingerprint density at radius 1 is 0.542 bits per heavy atom. The zero-order valence-corrected chi connectivity index (χ0v) is 50.7. The molecule has 4 saturated heterocycles. The Morgan fingerprint density at radius 2 is 0.979 bits per heavy atom. The molecule has 5 aliphatic heterocycles. The summed E-state index contributed by atoms with van der Waals surface area (Å²) in [5, 5.41) is 46.9. The number of hydroxylamine groups is 2. The molecule has 0 radical (unpaired) electrons. The Labute approximate surface area is 543 Å². The number of imide groups is 1. The number of nitrogen functional groups attached to an aromatic ring is 1. The van der Waals surface area contributed by atoms with Gasteiger partial charge >= 0.3 is 30.4 Å². The van der Waals surface area contributed by atoms with Gasteiger partial charge in [0, 0.05) is 176 Å². The third-order valence-electron chi connectivity index (χ3n) is 13.3. The molecule has 5 aliphatic rings. The molecule has 502 valence electrons.